The third kappa shape index (κ3) is 13.0. The maximum atomic E-state index is 14.4. The number of nitrogens with two attached hydrogens (primary N) is 1. The van der Waals surface area contributed by atoms with Crippen molar-refractivity contribution in [3.8, 4) is 0 Å². The maximum absolute atomic E-state index is 14.4. The van der Waals surface area contributed by atoms with E-state index in [0.717, 1.165) is 41.2 Å². The number of unbranched alkanes of at least 4 members (excludes halogenated alkanes) is 2. The molecule has 0 unspecified atom stereocenters. The minimum atomic E-state index is -0.863. The first-order chi connectivity index (χ1) is 23.4. The van der Waals surface area contributed by atoms with E-state index in [1.807, 2.05) is 93.6 Å². The van der Waals surface area contributed by atoms with Crippen molar-refractivity contribution in [1.29, 1.82) is 0 Å². The number of benzene rings is 3. The quantitative estimate of drug-likeness (QED) is 0.116. The molecule has 0 heterocycles. The van der Waals surface area contributed by atoms with Crippen LogP contribution >= 0.6 is 0 Å². The van der Waals surface area contributed by atoms with E-state index in [-0.39, 0.29) is 30.2 Å². The van der Waals surface area contributed by atoms with Crippen LogP contribution in [0.4, 0.5) is 4.79 Å². The molecule has 0 saturated heterocycles. The summed E-state index contributed by atoms with van der Waals surface area (Å²) in [6.07, 6.45) is 6.63. The summed E-state index contributed by atoms with van der Waals surface area (Å²) >= 11 is 0. The number of amides is 5. The maximum Gasteiger partial charge on any atom is 0.314 e. The van der Waals surface area contributed by atoms with Crippen molar-refractivity contribution < 1.29 is 19.2 Å². The van der Waals surface area contributed by atoms with Gasteiger partial charge in [0.05, 0.1) is 0 Å². The molecule has 10 heteroatoms. The van der Waals surface area contributed by atoms with Gasteiger partial charge in [0, 0.05) is 52.1 Å². The highest BCUT2D eigenvalue weighted by Gasteiger charge is 2.34. The van der Waals surface area contributed by atoms with Gasteiger partial charge >= 0.3 is 6.03 Å². The molecule has 3 rings (SSSR count). The van der Waals surface area contributed by atoms with E-state index in [9.17, 15) is 19.2 Å². The number of rotatable bonds is 18. The average molecular weight is 671 g/mol. The van der Waals surface area contributed by atoms with E-state index < -0.39 is 17.6 Å². The molecule has 0 aromatic heterocycles. The first kappa shape index (κ1) is 38.7. The summed E-state index contributed by atoms with van der Waals surface area (Å²) in [7, 11) is 3.27. The molecule has 0 saturated carbocycles. The van der Waals surface area contributed by atoms with Crippen molar-refractivity contribution in [3.63, 3.8) is 0 Å². The van der Waals surface area contributed by atoms with E-state index in [1.54, 1.807) is 20.2 Å². The van der Waals surface area contributed by atoms with Gasteiger partial charge in [-0.1, -0.05) is 78.9 Å². The highest BCUT2D eigenvalue weighted by molar-refractivity contribution is 5.95. The molecule has 5 amide bonds. The van der Waals surface area contributed by atoms with Gasteiger partial charge in [0.2, 0.25) is 17.7 Å². The number of carbonyl (C=O) groups excluding carboxylic acids is 4. The van der Waals surface area contributed by atoms with E-state index in [1.165, 1.54) is 15.9 Å². The number of carbonyl (C=O) groups is 4. The zero-order valence-electron chi connectivity index (χ0n) is 29.7. The summed E-state index contributed by atoms with van der Waals surface area (Å²) < 4.78 is 0. The second-order valence-electron chi connectivity index (χ2n) is 13.2. The first-order valence-electron chi connectivity index (χ1n) is 17.2. The molecule has 3 aromatic rings. The largest absolute Gasteiger partial charge is 0.354 e. The Balaban J connectivity index is 1.80. The van der Waals surface area contributed by atoms with Crippen molar-refractivity contribution in [2.75, 3.05) is 33.7 Å². The Bertz CT molecular complexity index is 1550. The summed E-state index contributed by atoms with van der Waals surface area (Å²) in [5, 5.41) is 10.7. The average Bonchev–Trinajstić information content (AvgIpc) is 3.08. The van der Waals surface area contributed by atoms with E-state index in [0.29, 0.717) is 32.5 Å². The van der Waals surface area contributed by atoms with Crippen molar-refractivity contribution in [3.05, 3.63) is 96.1 Å². The molecular formula is C39H54N6O4. The number of hydrogen-bond acceptors (Lipinski definition) is 5. The fourth-order valence-corrected chi connectivity index (χ4v) is 5.53. The summed E-state index contributed by atoms with van der Waals surface area (Å²) in [5.74, 6) is -0.907. The summed E-state index contributed by atoms with van der Waals surface area (Å²) in [6, 6.07) is 21.8. The molecule has 0 aliphatic heterocycles. The molecule has 0 fully saturated rings. The number of likely N-dealkylation sites (N-methyl/N-ethyl adjacent to an activating group) is 2. The normalized spacial score (nSPS) is 12.7. The third-order valence-corrected chi connectivity index (χ3v) is 8.41. The van der Waals surface area contributed by atoms with E-state index in [4.69, 9.17) is 5.73 Å². The Morgan fingerprint density at radius 1 is 0.755 bits per heavy atom. The minimum Gasteiger partial charge on any atom is -0.354 e. The van der Waals surface area contributed by atoms with Crippen LogP contribution in [0.3, 0.4) is 0 Å². The lowest BCUT2D eigenvalue weighted by atomic mass is 9.98. The van der Waals surface area contributed by atoms with Crippen LogP contribution in [0.2, 0.25) is 0 Å². The van der Waals surface area contributed by atoms with Crippen molar-refractivity contribution >= 4 is 34.5 Å². The number of nitrogens with one attached hydrogen (secondary N) is 3. The topological polar surface area (TPSA) is 137 Å². The highest BCUT2D eigenvalue weighted by atomic mass is 16.2. The molecule has 5 N–H and O–H groups in total. The van der Waals surface area contributed by atoms with Crippen molar-refractivity contribution in [2.45, 2.75) is 76.9 Å². The zero-order chi connectivity index (χ0) is 35.8. The third-order valence-electron chi connectivity index (χ3n) is 8.41. The van der Waals surface area contributed by atoms with Gasteiger partial charge in [0.25, 0.3) is 0 Å². The van der Waals surface area contributed by atoms with Gasteiger partial charge in [-0.3, -0.25) is 14.4 Å². The highest BCUT2D eigenvalue weighted by Crippen LogP contribution is 2.20. The van der Waals surface area contributed by atoms with Gasteiger partial charge in [0.1, 0.15) is 12.1 Å². The van der Waals surface area contributed by atoms with Crippen LogP contribution in [0.5, 0.6) is 0 Å². The summed E-state index contributed by atoms with van der Waals surface area (Å²) in [6.45, 7) is 7.20. The molecule has 3 aromatic carbocycles. The Morgan fingerprint density at radius 2 is 1.39 bits per heavy atom. The lowest BCUT2D eigenvalue weighted by molar-refractivity contribution is -0.146. The summed E-state index contributed by atoms with van der Waals surface area (Å²) in [4.78, 5) is 56.1. The van der Waals surface area contributed by atoms with Gasteiger partial charge in [-0.05, 0) is 74.4 Å². The smallest absolute Gasteiger partial charge is 0.314 e. The Labute approximate surface area is 291 Å². The van der Waals surface area contributed by atoms with Crippen molar-refractivity contribution in [1.82, 2.24) is 25.8 Å². The van der Waals surface area contributed by atoms with Crippen molar-refractivity contribution in [2.24, 2.45) is 5.73 Å². The lowest BCUT2D eigenvalue weighted by Crippen LogP contribution is -2.56. The first-order valence-corrected chi connectivity index (χ1v) is 17.2. The second kappa shape index (κ2) is 19.3. The predicted octanol–water partition coefficient (Wildman–Crippen LogP) is 4.57. The van der Waals surface area contributed by atoms with Gasteiger partial charge in [-0.15, -0.1) is 0 Å². The summed E-state index contributed by atoms with van der Waals surface area (Å²) in [5.41, 5.74) is 7.46. The van der Waals surface area contributed by atoms with E-state index in [2.05, 4.69) is 16.0 Å². The van der Waals surface area contributed by atoms with Crippen LogP contribution in [-0.2, 0) is 27.2 Å². The Kier molecular flexibility index (Phi) is 15.3. The molecule has 0 bridgehead atoms. The van der Waals surface area contributed by atoms with Gasteiger partial charge in [-0.2, -0.15) is 0 Å². The molecule has 2 atom stereocenters. The number of nitrogens with zero attached hydrogens (tertiary/aromatic N) is 2. The second-order valence-corrected chi connectivity index (χ2v) is 13.2. The standard InChI is InChI=1S/C39H54N6O4/c1-6-41-38(49)43-25-14-8-13-24-42-36(47)33(27-29-16-9-7-10-17-29)45(5)37(48)34(44(4)35(46)20-15-23-39(2,3)40)28-30-21-22-31-18-11-12-19-32(31)26-30/h7,9-12,15-22,26,33-34H,6,8,13-14,23-25,27-28,40H2,1-5H3,(H,42,47)(H2,41,43,49)/b20-15+/t33-,34-/m0/s1. The SMILES string of the molecule is CCNC(=O)NCCCCCNC(=O)[C@H](Cc1ccccc1)N(C)C(=O)[C@H](Cc1ccc2ccccc2c1)N(C)C(=O)/C=C/CC(C)(C)N. The van der Waals surface area contributed by atoms with Crippen LogP contribution in [0.1, 0.15) is 57.6 Å². The molecule has 10 nitrogen and oxygen atoms in total. The minimum absolute atomic E-state index is 0.186. The van der Waals surface area contributed by atoms with Gasteiger partial charge in [-0.25, -0.2) is 4.79 Å². The van der Waals surface area contributed by atoms with Crippen LogP contribution in [-0.4, -0.2) is 84.9 Å². The van der Waals surface area contributed by atoms with Crippen LogP contribution < -0.4 is 21.7 Å². The Hall–Kier alpha value is -4.70. The number of fused-ring (bicyclic) bond motifs is 1. The van der Waals surface area contributed by atoms with E-state index >= 15 is 0 Å². The monoisotopic (exact) mass is 670 g/mol. The molecule has 264 valence electrons. The van der Waals surface area contributed by atoms with Crippen LogP contribution in [0.25, 0.3) is 10.8 Å². The molecule has 0 aliphatic rings. The fourth-order valence-electron chi connectivity index (χ4n) is 5.53. The zero-order valence-corrected chi connectivity index (χ0v) is 29.7. The fraction of sp³-hybridized carbons (Fsp3) is 0.436. The Morgan fingerprint density at radius 3 is 2.06 bits per heavy atom. The van der Waals surface area contributed by atoms with Crippen LogP contribution in [0.15, 0.2) is 84.9 Å². The number of urea groups is 1. The number of hydrogen-bond donors (Lipinski definition) is 4. The predicted molar refractivity (Wildman–Crippen MR) is 197 cm³/mol. The van der Waals surface area contributed by atoms with Crippen LogP contribution in [0, 0.1) is 0 Å². The van der Waals surface area contributed by atoms with Gasteiger partial charge < -0.3 is 31.5 Å². The molecule has 49 heavy (non-hydrogen) atoms. The molecule has 0 spiro atoms. The molecular weight excluding hydrogens is 616 g/mol. The lowest BCUT2D eigenvalue weighted by Gasteiger charge is -2.34. The van der Waals surface area contributed by atoms with Gasteiger partial charge in [0.15, 0.2) is 0 Å². The molecule has 0 radical (unpaired) electrons. The molecule has 0 aliphatic carbocycles.